The number of nitrogens with one attached hydrogen (secondary N) is 1. The molecule has 0 atom stereocenters. The van der Waals surface area contributed by atoms with Crippen LogP contribution in [0.4, 0.5) is 10.1 Å². The van der Waals surface area contributed by atoms with Gasteiger partial charge in [-0.15, -0.1) is 0 Å². The highest BCUT2D eigenvalue weighted by atomic mass is 19.1. The minimum atomic E-state index is -0.562. The van der Waals surface area contributed by atoms with E-state index in [0.717, 1.165) is 0 Å². The van der Waals surface area contributed by atoms with Crippen LogP contribution >= 0.6 is 0 Å². The summed E-state index contributed by atoms with van der Waals surface area (Å²) in [6.45, 7) is 3.49. The largest absolute Gasteiger partial charge is 0.508 e. The van der Waals surface area contributed by atoms with Gasteiger partial charge < -0.3 is 10.4 Å². The lowest BCUT2D eigenvalue weighted by molar-refractivity contribution is 0.102. The Morgan fingerprint density at radius 3 is 2.53 bits per heavy atom. The fourth-order valence-corrected chi connectivity index (χ4v) is 1.77. The third-order valence-electron chi connectivity index (χ3n) is 2.91. The molecule has 0 saturated heterocycles. The summed E-state index contributed by atoms with van der Waals surface area (Å²) >= 11 is 0. The standard InChI is InChI=1S/C15H14FNO2/c1-9-8-14(18)10(2)7-13(9)17-15(19)11-5-3-4-6-12(11)16/h3-8,18H,1-2H3,(H,17,19). The second kappa shape index (κ2) is 5.10. The molecule has 0 heterocycles. The normalized spacial score (nSPS) is 10.3. The number of hydrogen-bond donors (Lipinski definition) is 2. The van der Waals surface area contributed by atoms with Gasteiger partial charge in [-0.05, 0) is 49.2 Å². The lowest BCUT2D eigenvalue weighted by atomic mass is 10.1. The van der Waals surface area contributed by atoms with Gasteiger partial charge in [-0.25, -0.2) is 4.39 Å². The van der Waals surface area contributed by atoms with Crippen molar-refractivity contribution < 1.29 is 14.3 Å². The van der Waals surface area contributed by atoms with E-state index in [9.17, 15) is 14.3 Å². The van der Waals surface area contributed by atoms with Crippen LogP contribution in [-0.2, 0) is 0 Å². The van der Waals surface area contributed by atoms with Crippen molar-refractivity contribution in [3.05, 3.63) is 58.9 Å². The van der Waals surface area contributed by atoms with Crippen LogP contribution in [0, 0.1) is 19.7 Å². The molecule has 1 amide bonds. The molecule has 0 saturated carbocycles. The molecule has 0 aliphatic rings. The van der Waals surface area contributed by atoms with Crippen LogP contribution in [0.3, 0.4) is 0 Å². The molecule has 0 radical (unpaired) electrons. The van der Waals surface area contributed by atoms with Gasteiger partial charge in [0.1, 0.15) is 11.6 Å². The number of benzene rings is 2. The lowest BCUT2D eigenvalue weighted by Gasteiger charge is -2.11. The van der Waals surface area contributed by atoms with Crippen molar-refractivity contribution in [2.24, 2.45) is 0 Å². The smallest absolute Gasteiger partial charge is 0.258 e. The number of phenolic OH excluding ortho intramolecular Hbond substituents is 1. The molecule has 2 aromatic rings. The Morgan fingerprint density at radius 1 is 1.16 bits per heavy atom. The molecule has 0 aliphatic heterocycles. The van der Waals surface area contributed by atoms with Gasteiger partial charge in [0.15, 0.2) is 0 Å². The predicted molar refractivity (Wildman–Crippen MR) is 71.9 cm³/mol. The molecule has 2 rings (SSSR count). The number of amides is 1. The van der Waals surface area contributed by atoms with E-state index >= 15 is 0 Å². The summed E-state index contributed by atoms with van der Waals surface area (Å²) in [7, 11) is 0. The van der Waals surface area contributed by atoms with E-state index < -0.39 is 11.7 Å². The first-order valence-electron chi connectivity index (χ1n) is 5.85. The van der Waals surface area contributed by atoms with Crippen molar-refractivity contribution in [1.29, 1.82) is 0 Å². The molecule has 0 aromatic heterocycles. The van der Waals surface area contributed by atoms with E-state index in [1.54, 1.807) is 32.0 Å². The SMILES string of the molecule is Cc1cc(NC(=O)c2ccccc2F)c(C)cc1O. The Morgan fingerprint density at radius 2 is 1.84 bits per heavy atom. The summed E-state index contributed by atoms with van der Waals surface area (Å²) in [6, 6.07) is 9.02. The maximum Gasteiger partial charge on any atom is 0.258 e. The Kier molecular flexibility index (Phi) is 3.51. The highest BCUT2D eigenvalue weighted by Crippen LogP contribution is 2.25. The van der Waals surface area contributed by atoms with Gasteiger partial charge in [0.2, 0.25) is 0 Å². The van der Waals surface area contributed by atoms with Crippen molar-refractivity contribution >= 4 is 11.6 Å². The molecular weight excluding hydrogens is 245 g/mol. The van der Waals surface area contributed by atoms with Gasteiger partial charge in [0.25, 0.3) is 5.91 Å². The monoisotopic (exact) mass is 259 g/mol. The number of phenols is 1. The topological polar surface area (TPSA) is 49.3 Å². The average molecular weight is 259 g/mol. The molecule has 0 spiro atoms. The number of halogens is 1. The van der Waals surface area contributed by atoms with Crippen molar-refractivity contribution in [2.75, 3.05) is 5.32 Å². The maximum atomic E-state index is 13.5. The molecule has 0 fully saturated rings. The highest BCUT2D eigenvalue weighted by Gasteiger charge is 2.12. The second-order valence-corrected chi connectivity index (χ2v) is 4.39. The minimum Gasteiger partial charge on any atom is -0.508 e. The summed E-state index contributed by atoms with van der Waals surface area (Å²) in [4.78, 5) is 12.0. The quantitative estimate of drug-likeness (QED) is 0.812. The van der Waals surface area contributed by atoms with Gasteiger partial charge in [-0.3, -0.25) is 4.79 Å². The van der Waals surface area contributed by atoms with E-state index in [2.05, 4.69) is 5.32 Å². The highest BCUT2D eigenvalue weighted by molar-refractivity contribution is 6.04. The zero-order valence-electron chi connectivity index (χ0n) is 10.7. The van der Waals surface area contributed by atoms with Gasteiger partial charge in [-0.2, -0.15) is 0 Å². The molecule has 2 N–H and O–H groups in total. The van der Waals surface area contributed by atoms with Gasteiger partial charge in [-0.1, -0.05) is 12.1 Å². The summed E-state index contributed by atoms with van der Waals surface area (Å²) in [5.74, 6) is -0.902. The van der Waals surface area contributed by atoms with E-state index in [1.165, 1.54) is 18.2 Å². The van der Waals surface area contributed by atoms with E-state index in [-0.39, 0.29) is 11.3 Å². The zero-order chi connectivity index (χ0) is 14.0. The summed E-state index contributed by atoms with van der Waals surface area (Å²) in [5.41, 5.74) is 1.92. The number of aryl methyl sites for hydroxylation is 2. The van der Waals surface area contributed by atoms with E-state index in [4.69, 9.17) is 0 Å². The molecule has 0 unspecified atom stereocenters. The Labute approximate surface area is 110 Å². The number of aromatic hydroxyl groups is 1. The van der Waals surface area contributed by atoms with Gasteiger partial charge in [0, 0.05) is 5.69 Å². The van der Waals surface area contributed by atoms with Gasteiger partial charge in [0.05, 0.1) is 5.56 Å². The van der Waals surface area contributed by atoms with Gasteiger partial charge >= 0.3 is 0 Å². The van der Waals surface area contributed by atoms with Crippen molar-refractivity contribution in [3.63, 3.8) is 0 Å². The van der Waals surface area contributed by atoms with E-state index in [1.807, 2.05) is 0 Å². The molecule has 0 bridgehead atoms. The first-order valence-corrected chi connectivity index (χ1v) is 5.85. The number of hydrogen-bond acceptors (Lipinski definition) is 2. The number of carbonyl (C=O) groups is 1. The lowest BCUT2D eigenvalue weighted by Crippen LogP contribution is -2.14. The fraction of sp³-hybridized carbons (Fsp3) is 0.133. The predicted octanol–water partition coefficient (Wildman–Crippen LogP) is 3.40. The minimum absolute atomic E-state index is 0.00683. The van der Waals surface area contributed by atoms with Crippen LogP contribution in [0.25, 0.3) is 0 Å². The van der Waals surface area contributed by atoms with Crippen molar-refractivity contribution in [2.45, 2.75) is 13.8 Å². The second-order valence-electron chi connectivity index (χ2n) is 4.39. The molecule has 19 heavy (non-hydrogen) atoms. The van der Waals surface area contributed by atoms with Crippen LogP contribution in [-0.4, -0.2) is 11.0 Å². The number of carbonyl (C=O) groups excluding carboxylic acids is 1. The maximum absolute atomic E-state index is 13.5. The molecular formula is C15H14FNO2. The van der Waals surface area contributed by atoms with Crippen LogP contribution in [0.1, 0.15) is 21.5 Å². The van der Waals surface area contributed by atoms with Crippen LogP contribution in [0.2, 0.25) is 0 Å². The Balaban J connectivity index is 2.30. The zero-order valence-corrected chi connectivity index (χ0v) is 10.7. The van der Waals surface area contributed by atoms with Crippen LogP contribution in [0.15, 0.2) is 36.4 Å². The first kappa shape index (κ1) is 13.1. The number of rotatable bonds is 2. The van der Waals surface area contributed by atoms with Crippen LogP contribution in [0.5, 0.6) is 5.75 Å². The first-order chi connectivity index (χ1) is 8.99. The Bertz CT molecular complexity index is 638. The molecule has 3 nitrogen and oxygen atoms in total. The average Bonchev–Trinajstić information content (AvgIpc) is 2.36. The molecule has 0 aliphatic carbocycles. The molecule has 2 aromatic carbocycles. The third-order valence-corrected chi connectivity index (χ3v) is 2.91. The number of anilines is 1. The van der Waals surface area contributed by atoms with Crippen molar-refractivity contribution in [1.82, 2.24) is 0 Å². The fourth-order valence-electron chi connectivity index (χ4n) is 1.77. The third kappa shape index (κ3) is 2.73. The Hall–Kier alpha value is -2.36. The van der Waals surface area contributed by atoms with Crippen LogP contribution < -0.4 is 5.32 Å². The summed E-state index contributed by atoms with van der Waals surface area (Å²) in [6.07, 6.45) is 0. The van der Waals surface area contributed by atoms with E-state index in [0.29, 0.717) is 16.8 Å². The molecule has 4 heteroatoms. The molecule has 98 valence electrons. The summed E-state index contributed by atoms with van der Waals surface area (Å²) in [5, 5.41) is 12.2. The van der Waals surface area contributed by atoms with Crippen molar-refractivity contribution in [3.8, 4) is 5.75 Å². The summed E-state index contributed by atoms with van der Waals surface area (Å²) < 4.78 is 13.5.